The smallest absolute Gasteiger partial charge is 0.307 e. The first-order valence-electron chi connectivity index (χ1n) is 7.03. The predicted octanol–water partition coefficient (Wildman–Crippen LogP) is 3.90. The SMILES string of the molecule is CC1CCC(C(Cc2cccc(F)c2)C(=O)O)CC1. The molecule has 0 aliphatic heterocycles. The minimum atomic E-state index is -0.746. The molecule has 1 aliphatic rings. The van der Waals surface area contributed by atoms with Gasteiger partial charge in [-0.3, -0.25) is 4.79 Å². The highest BCUT2D eigenvalue weighted by molar-refractivity contribution is 5.70. The van der Waals surface area contributed by atoms with Crippen LogP contribution >= 0.6 is 0 Å². The van der Waals surface area contributed by atoms with Gasteiger partial charge in [-0.15, -0.1) is 0 Å². The Labute approximate surface area is 113 Å². The molecule has 104 valence electrons. The maximum Gasteiger partial charge on any atom is 0.307 e. The van der Waals surface area contributed by atoms with E-state index in [1.807, 2.05) is 6.07 Å². The first kappa shape index (κ1) is 14.0. The van der Waals surface area contributed by atoms with Gasteiger partial charge in [-0.05, 0) is 48.8 Å². The van der Waals surface area contributed by atoms with Gasteiger partial charge in [0, 0.05) is 0 Å². The van der Waals surface area contributed by atoms with E-state index in [4.69, 9.17) is 0 Å². The van der Waals surface area contributed by atoms with Gasteiger partial charge < -0.3 is 5.11 Å². The normalized spacial score (nSPS) is 24.9. The second-order valence-corrected chi connectivity index (χ2v) is 5.80. The number of rotatable bonds is 4. The molecule has 1 aromatic rings. The first-order valence-corrected chi connectivity index (χ1v) is 7.03. The van der Waals surface area contributed by atoms with Gasteiger partial charge in [0.05, 0.1) is 5.92 Å². The molecule has 2 rings (SSSR count). The summed E-state index contributed by atoms with van der Waals surface area (Å²) in [4.78, 5) is 11.5. The molecule has 1 atom stereocenters. The van der Waals surface area contributed by atoms with Crippen LogP contribution in [0.2, 0.25) is 0 Å². The van der Waals surface area contributed by atoms with Gasteiger partial charge in [0.25, 0.3) is 0 Å². The van der Waals surface area contributed by atoms with Gasteiger partial charge in [-0.2, -0.15) is 0 Å². The van der Waals surface area contributed by atoms with Crippen molar-refractivity contribution in [1.29, 1.82) is 0 Å². The number of aliphatic carboxylic acids is 1. The zero-order valence-corrected chi connectivity index (χ0v) is 11.3. The highest BCUT2D eigenvalue weighted by Crippen LogP contribution is 2.34. The van der Waals surface area contributed by atoms with Crippen molar-refractivity contribution >= 4 is 5.97 Å². The monoisotopic (exact) mass is 264 g/mol. The molecule has 0 bridgehead atoms. The Morgan fingerprint density at radius 2 is 2.05 bits per heavy atom. The number of halogens is 1. The Kier molecular flexibility index (Phi) is 4.56. The van der Waals surface area contributed by atoms with Crippen molar-refractivity contribution in [2.24, 2.45) is 17.8 Å². The Morgan fingerprint density at radius 1 is 1.37 bits per heavy atom. The van der Waals surface area contributed by atoms with Crippen molar-refractivity contribution in [1.82, 2.24) is 0 Å². The lowest BCUT2D eigenvalue weighted by Gasteiger charge is -2.30. The maximum atomic E-state index is 13.2. The van der Waals surface area contributed by atoms with Crippen LogP contribution in [0, 0.1) is 23.6 Å². The second kappa shape index (κ2) is 6.18. The van der Waals surface area contributed by atoms with Crippen molar-refractivity contribution < 1.29 is 14.3 Å². The highest BCUT2D eigenvalue weighted by atomic mass is 19.1. The molecule has 0 radical (unpaired) electrons. The average Bonchev–Trinajstić information content (AvgIpc) is 2.37. The second-order valence-electron chi connectivity index (χ2n) is 5.80. The minimum absolute atomic E-state index is 0.233. The van der Waals surface area contributed by atoms with E-state index in [1.54, 1.807) is 6.07 Å². The van der Waals surface area contributed by atoms with E-state index in [-0.39, 0.29) is 17.7 Å². The predicted molar refractivity (Wildman–Crippen MR) is 72.4 cm³/mol. The van der Waals surface area contributed by atoms with Crippen LogP contribution in [-0.4, -0.2) is 11.1 Å². The third-order valence-electron chi connectivity index (χ3n) is 4.29. The molecule has 1 saturated carbocycles. The molecule has 1 fully saturated rings. The van der Waals surface area contributed by atoms with Crippen LogP contribution in [0.15, 0.2) is 24.3 Å². The summed E-state index contributed by atoms with van der Waals surface area (Å²) >= 11 is 0. The van der Waals surface area contributed by atoms with Gasteiger partial charge in [0.15, 0.2) is 0 Å². The number of carbonyl (C=O) groups is 1. The Hall–Kier alpha value is -1.38. The fraction of sp³-hybridized carbons (Fsp3) is 0.562. The molecule has 1 aliphatic carbocycles. The zero-order chi connectivity index (χ0) is 13.8. The third-order valence-corrected chi connectivity index (χ3v) is 4.29. The summed E-state index contributed by atoms with van der Waals surface area (Å²) in [5.41, 5.74) is 0.783. The maximum absolute atomic E-state index is 13.2. The van der Waals surface area contributed by atoms with Crippen molar-refractivity contribution in [2.75, 3.05) is 0 Å². The minimum Gasteiger partial charge on any atom is -0.481 e. The number of benzene rings is 1. The van der Waals surface area contributed by atoms with Gasteiger partial charge >= 0.3 is 5.97 Å². The van der Waals surface area contributed by atoms with Crippen molar-refractivity contribution in [3.8, 4) is 0 Å². The summed E-state index contributed by atoms with van der Waals surface area (Å²) in [6.45, 7) is 2.22. The molecular formula is C16H21FO2. The summed E-state index contributed by atoms with van der Waals surface area (Å²) in [5.74, 6) is -0.478. The largest absolute Gasteiger partial charge is 0.481 e. The van der Waals surface area contributed by atoms with Gasteiger partial charge in [-0.1, -0.05) is 31.9 Å². The van der Waals surface area contributed by atoms with Crippen LogP contribution in [0.3, 0.4) is 0 Å². The van der Waals surface area contributed by atoms with Crippen molar-refractivity contribution in [2.45, 2.75) is 39.0 Å². The van der Waals surface area contributed by atoms with Crippen LogP contribution < -0.4 is 0 Å². The zero-order valence-electron chi connectivity index (χ0n) is 11.3. The van der Waals surface area contributed by atoms with E-state index in [1.165, 1.54) is 12.1 Å². The van der Waals surface area contributed by atoms with Gasteiger partial charge in [-0.25, -0.2) is 4.39 Å². The lowest BCUT2D eigenvalue weighted by atomic mass is 9.74. The lowest BCUT2D eigenvalue weighted by Crippen LogP contribution is -2.29. The van der Waals surface area contributed by atoms with E-state index >= 15 is 0 Å². The molecular weight excluding hydrogens is 243 g/mol. The Morgan fingerprint density at radius 3 is 2.63 bits per heavy atom. The Bertz CT molecular complexity index is 436. The Balaban J connectivity index is 2.06. The quantitative estimate of drug-likeness (QED) is 0.895. The molecule has 1 N–H and O–H groups in total. The van der Waals surface area contributed by atoms with Gasteiger partial charge in [0.2, 0.25) is 0 Å². The molecule has 1 aromatic carbocycles. The topological polar surface area (TPSA) is 37.3 Å². The van der Waals surface area contributed by atoms with Gasteiger partial charge in [0.1, 0.15) is 5.82 Å². The average molecular weight is 264 g/mol. The molecule has 1 unspecified atom stereocenters. The molecule has 0 saturated heterocycles. The van der Waals surface area contributed by atoms with Crippen LogP contribution in [0.25, 0.3) is 0 Å². The van der Waals surface area contributed by atoms with Crippen molar-refractivity contribution in [3.05, 3.63) is 35.6 Å². The molecule has 0 heterocycles. The molecule has 2 nitrogen and oxygen atoms in total. The highest BCUT2D eigenvalue weighted by Gasteiger charge is 2.31. The van der Waals surface area contributed by atoms with E-state index in [0.717, 1.165) is 31.2 Å². The van der Waals surface area contributed by atoms with E-state index in [0.29, 0.717) is 12.3 Å². The number of hydrogen-bond acceptors (Lipinski definition) is 1. The van der Waals surface area contributed by atoms with Crippen LogP contribution in [0.5, 0.6) is 0 Å². The lowest BCUT2D eigenvalue weighted by molar-refractivity contribution is -0.144. The van der Waals surface area contributed by atoms with E-state index in [2.05, 4.69) is 6.92 Å². The van der Waals surface area contributed by atoms with E-state index in [9.17, 15) is 14.3 Å². The molecule has 0 aromatic heterocycles. The molecule has 19 heavy (non-hydrogen) atoms. The van der Waals surface area contributed by atoms with Crippen LogP contribution in [-0.2, 0) is 11.2 Å². The summed E-state index contributed by atoms with van der Waals surface area (Å²) in [6, 6.07) is 6.29. The summed E-state index contributed by atoms with van der Waals surface area (Å²) < 4.78 is 13.2. The first-order chi connectivity index (χ1) is 9.06. The molecule has 3 heteroatoms. The molecule has 0 amide bonds. The number of carboxylic acid groups (broad SMARTS) is 1. The van der Waals surface area contributed by atoms with Crippen LogP contribution in [0.1, 0.15) is 38.2 Å². The van der Waals surface area contributed by atoms with E-state index < -0.39 is 5.97 Å². The fourth-order valence-electron chi connectivity index (χ4n) is 3.06. The summed E-state index contributed by atoms with van der Waals surface area (Å²) in [5, 5.41) is 9.43. The standard InChI is InChI=1S/C16H21FO2/c1-11-5-7-13(8-6-11)15(16(18)19)10-12-3-2-4-14(17)9-12/h2-4,9,11,13,15H,5-8,10H2,1H3,(H,18,19). The summed E-state index contributed by atoms with van der Waals surface area (Å²) in [7, 11) is 0. The van der Waals surface area contributed by atoms with Crippen molar-refractivity contribution in [3.63, 3.8) is 0 Å². The number of carboxylic acids is 1. The third kappa shape index (κ3) is 3.79. The molecule has 0 spiro atoms. The van der Waals surface area contributed by atoms with Crippen LogP contribution in [0.4, 0.5) is 4.39 Å². The summed E-state index contributed by atoms with van der Waals surface area (Å²) in [6.07, 6.45) is 4.61. The fourth-order valence-corrected chi connectivity index (χ4v) is 3.06. The number of hydrogen-bond donors (Lipinski definition) is 1.